The maximum absolute atomic E-state index is 14.6. The predicted octanol–water partition coefficient (Wildman–Crippen LogP) is 2.42. The molecule has 1 aliphatic heterocycles. The molecule has 0 spiro atoms. The number of nitrogens with zero attached hydrogens (tertiary/aromatic N) is 4. The van der Waals surface area contributed by atoms with Crippen LogP contribution < -0.4 is 5.43 Å². The van der Waals surface area contributed by atoms with Crippen molar-refractivity contribution >= 4 is 17.4 Å². The van der Waals surface area contributed by atoms with Gasteiger partial charge in [-0.2, -0.15) is 50.6 Å². The first-order valence-corrected chi connectivity index (χ1v) is 7.25. The maximum atomic E-state index is 14.6. The number of fused-ring (bicyclic) bond motifs is 1. The summed E-state index contributed by atoms with van der Waals surface area (Å²) in [4.78, 5) is 15.8. The fraction of sp³-hybridized carbons (Fsp3) is 0.286. The van der Waals surface area contributed by atoms with Crippen molar-refractivity contribution in [2.24, 2.45) is 5.10 Å². The molecule has 0 fully saturated rings. The number of ketones is 1. The third-order valence-electron chi connectivity index (χ3n) is 3.89. The van der Waals surface area contributed by atoms with Gasteiger partial charge in [0.2, 0.25) is 11.7 Å². The van der Waals surface area contributed by atoms with E-state index in [9.17, 15) is 40.6 Å². The molecule has 0 saturated carbocycles. The molecule has 1 aromatic carbocycles. The van der Waals surface area contributed by atoms with Gasteiger partial charge < -0.3 is 5.11 Å². The number of Topliss-reactive ketones (excluding diaryl/α,β-unsaturated/α-hetero) is 1. The minimum Gasteiger partial charge on any atom is -0.359 e. The second-order valence-electron chi connectivity index (χ2n) is 5.58. The summed E-state index contributed by atoms with van der Waals surface area (Å²) in [7, 11) is 0. The number of hydrazone groups is 1. The Bertz CT molecular complexity index is 941. The van der Waals surface area contributed by atoms with Crippen molar-refractivity contribution in [3.8, 4) is 0 Å². The number of anilines is 1. The van der Waals surface area contributed by atoms with E-state index < -0.39 is 46.8 Å². The molecule has 0 aliphatic carbocycles. The normalized spacial score (nSPS) is 20.2. The quantitative estimate of drug-likeness (QED) is 0.596. The zero-order valence-electron chi connectivity index (χ0n) is 13.3. The number of hydrogen-bond acceptors (Lipinski definition) is 6. The second kappa shape index (κ2) is 5.98. The molecule has 2 heterocycles. The van der Waals surface area contributed by atoms with Crippen LogP contribution in [-0.4, -0.2) is 49.4 Å². The van der Waals surface area contributed by atoms with Gasteiger partial charge in [-0.25, -0.2) is 5.43 Å². The van der Waals surface area contributed by atoms with Crippen molar-refractivity contribution in [2.75, 3.05) is 5.43 Å². The zero-order valence-corrected chi connectivity index (χ0v) is 13.3. The Morgan fingerprint density at radius 1 is 1.07 bits per heavy atom. The van der Waals surface area contributed by atoms with Gasteiger partial charge >= 0.3 is 18.0 Å². The topological polar surface area (TPSA) is 92.4 Å². The monoisotopic (exact) mass is 411 g/mol. The summed E-state index contributed by atoms with van der Waals surface area (Å²) in [6, 6.07) is 6.08. The minimum absolute atomic E-state index is 0.351. The molecule has 2 aromatic rings. The number of aromatic nitrogens is 3. The van der Waals surface area contributed by atoms with Gasteiger partial charge in [0, 0.05) is 5.56 Å². The van der Waals surface area contributed by atoms with E-state index in [4.69, 9.17) is 0 Å². The lowest BCUT2D eigenvalue weighted by Crippen LogP contribution is -2.69. The highest BCUT2D eigenvalue weighted by molar-refractivity contribution is 6.48. The standard InChI is InChI=1S/C14H8F7N5O2/c15-12(16,13(17,18)14(19,20)21)11(28)9(8(27)7-4-2-1-3-5-7)24-25-10-22-6-23-26(10)11/h1-6,28H,(H,22,23,25). The molecule has 28 heavy (non-hydrogen) atoms. The summed E-state index contributed by atoms with van der Waals surface area (Å²) < 4.78 is 94.2. The number of nitrogens with one attached hydrogen (secondary N) is 1. The van der Waals surface area contributed by atoms with Gasteiger partial charge in [0.05, 0.1) is 0 Å². The van der Waals surface area contributed by atoms with E-state index in [2.05, 4.69) is 15.2 Å². The number of hydrogen-bond donors (Lipinski definition) is 2. The molecule has 1 aromatic heterocycles. The largest absolute Gasteiger partial charge is 0.460 e. The van der Waals surface area contributed by atoms with Crippen LogP contribution >= 0.6 is 0 Å². The lowest BCUT2D eigenvalue weighted by molar-refractivity contribution is -0.391. The lowest BCUT2D eigenvalue weighted by Gasteiger charge is -2.41. The van der Waals surface area contributed by atoms with Gasteiger partial charge in [-0.15, -0.1) is 0 Å². The Morgan fingerprint density at radius 3 is 2.25 bits per heavy atom. The summed E-state index contributed by atoms with van der Waals surface area (Å²) in [5, 5.41) is 16.6. The Labute approximate surface area is 150 Å². The predicted molar refractivity (Wildman–Crippen MR) is 78.0 cm³/mol. The average molecular weight is 411 g/mol. The number of carbonyl (C=O) groups is 1. The van der Waals surface area contributed by atoms with Gasteiger partial charge in [-0.1, -0.05) is 30.3 Å². The molecule has 3 rings (SSSR count). The zero-order chi connectivity index (χ0) is 21.0. The molecule has 150 valence electrons. The van der Waals surface area contributed by atoms with E-state index in [1.165, 1.54) is 18.2 Å². The van der Waals surface area contributed by atoms with Crippen LogP contribution in [0.2, 0.25) is 0 Å². The Hall–Kier alpha value is -3.03. The van der Waals surface area contributed by atoms with Crippen LogP contribution in [0.5, 0.6) is 0 Å². The molecule has 2 N–H and O–H groups in total. The molecule has 0 bridgehead atoms. The number of carbonyl (C=O) groups excluding carboxylic acids is 1. The molecule has 0 amide bonds. The molecule has 1 atom stereocenters. The van der Waals surface area contributed by atoms with Crippen molar-refractivity contribution in [2.45, 2.75) is 23.7 Å². The smallest absolute Gasteiger partial charge is 0.359 e. The summed E-state index contributed by atoms with van der Waals surface area (Å²) in [6.07, 6.45) is -6.28. The SMILES string of the molecule is O=C(C1=NNc2ncnn2C1(O)C(F)(F)C(F)(F)C(F)(F)F)c1ccccc1. The summed E-state index contributed by atoms with van der Waals surface area (Å²) in [5.74, 6) is -15.5. The third kappa shape index (κ3) is 2.47. The number of rotatable bonds is 4. The Kier molecular flexibility index (Phi) is 4.22. The summed E-state index contributed by atoms with van der Waals surface area (Å²) >= 11 is 0. The Morgan fingerprint density at radius 2 is 1.68 bits per heavy atom. The van der Waals surface area contributed by atoms with Crippen LogP contribution in [0, 0.1) is 0 Å². The lowest BCUT2D eigenvalue weighted by atomic mass is 9.89. The van der Waals surface area contributed by atoms with Gasteiger partial charge in [0.1, 0.15) is 6.33 Å². The van der Waals surface area contributed by atoms with Gasteiger partial charge in [0.15, 0.2) is 5.71 Å². The van der Waals surface area contributed by atoms with Crippen LogP contribution in [0.25, 0.3) is 0 Å². The summed E-state index contributed by atoms with van der Waals surface area (Å²) in [5.41, 5.74) is -4.84. The van der Waals surface area contributed by atoms with Crippen molar-refractivity contribution in [1.29, 1.82) is 0 Å². The first-order chi connectivity index (χ1) is 12.9. The fourth-order valence-corrected chi connectivity index (χ4v) is 2.45. The highest BCUT2D eigenvalue weighted by atomic mass is 19.4. The first-order valence-electron chi connectivity index (χ1n) is 7.25. The third-order valence-corrected chi connectivity index (χ3v) is 3.89. The van der Waals surface area contributed by atoms with E-state index in [-0.39, 0.29) is 4.68 Å². The molecule has 0 saturated heterocycles. The van der Waals surface area contributed by atoms with E-state index in [1.54, 1.807) is 0 Å². The number of aliphatic hydroxyl groups is 1. The van der Waals surface area contributed by atoms with Crippen LogP contribution in [-0.2, 0) is 5.72 Å². The van der Waals surface area contributed by atoms with E-state index >= 15 is 0 Å². The summed E-state index contributed by atoms with van der Waals surface area (Å²) in [6.45, 7) is 0. The van der Waals surface area contributed by atoms with E-state index in [1.807, 2.05) is 5.43 Å². The molecular formula is C14H8F7N5O2. The second-order valence-corrected chi connectivity index (χ2v) is 5.58. The number of alkyl halides is 7. The minimum atomic E-state index is -6.77. The van der Waals surface area contributed by atoms with Crippen molar-refractivity contribution in [1.82, 2.24) is 14.8 Å². The molecular weight excluding hydrogens is 403 g/mol. The van der Waals surface area contributed by atoms with Crippen molar-refractivity contribution in [3.05, 3.63) is 42.2 Å². The van der Waals surface area contributed by atoms with Crippen LogP contribution in [0.15, 0.2) is 41.8 Å². The van der Waals surface area contributed by atoms with Gasteiger partial charge in [-0.3, -0.25) is 4.79 Å². The molecule has 1 unspecified atom stereocenters. The molecule has 1 aliphatic rings. The number of halogens is 7. The highest BCUT2D eigenvalue weighted by Gasteiger charge is 2.83. The van der Waals surface area contributed by atoms with E-state index in [0.29, 0.717) is 6.33 Å². The Balaban J connectivity index is 2.24. The maximum Gasteiger partial charge on any atom is 0.460 e. The van der Waals surface area contributed by atoms with Gasteiger partial charge in [-0.05, 0) is 0 Å². The fourth-order valence-electron chi connectivity index (χ4n) is 2.45. The van der Waals surface area contributed by atoms with Crippen molar-refractivity contribution in [3.63, 3.8) is 0 Å². The molecule has 7 nitrogen and oxygen atoms in total. The van der Waals surface area contributed by atoms with Crippen LogP contribution in [0.1, 0.15) is 10.4 Å². The first kappa shape index (κ1) is 19.7. The van der Waals surface area contributed by atoms with Crippen molar-refractivity contribution < 1.29 is 40.6 Å². The van der Waals surface area contributed by atoms with Gasteiger partial charge in [0.25, 0.3) is 5.72 Å². The highest BCUT2D eigenvalue weighted by Crippen LogP contribution is 2.54. The van der Waals surface area contributed by atoms with E-state index in [0.717, 1.165) is 12.1 Å². The number of benzene rings is 1. The average Bonchev–Trinajstić information content (AvgIpc) is 3.11. The molecule has 14 heteroatoms. The molecule has 0 radical (unpaired) electrons. The van der Waals surface area contributed by atoms with Crippen LogP contribution in [0.3, 0.4) is 0 Å². The van der Waals surface area contributed by atoms with Crippen LogP contribution in [0.4, 0.5) is 36.7 Å².